The highest BCUT2D eigenvalue weighted by atomic mass is 16.1. The Labute approximate surface area is 103 Å². The monoisotopic (exact) mass is 237 g/mol. The lowest BCUT2D eigenvalue weighted by Gasteiger charge is -2.16. The van der Waals surface area contributed by atoms with E-state index in [-0.39, 0.29) is 11.7 Å². The van der Waals surface area contributed by atoms with E-state index >= 15 is 0 Å². The van der Waals surface area contributed by atoms with Crippen molar-refractivity contribution in [2.24, 2.45) is 17.6 Å². The average molecular weight is 237 g/mol. The lowest BCUT2D eigenvalue weighted by Crippen LogP contribution is -2.29. The van der Waals surface area contributed by atoms with Gasteiger partial charge in [0.1, 0.15) is 5.78 Å². The van der Waals surface area contributed by atoms with Crippen LogP contribution in [0.2, 0.25) is 0 Å². The van der Waals surface area contributed by atoms with Gasteiger partial charge in [-0.2, -0.15) is 5.10 Å². The molecule has 1 aromatic heterocycles. The minimum absolute atomic E-state index is 0.0563. The van der Waals surface area contributed by atoms with Crippen LogP contribution in [0.4, 0.5) is 0 Å². The number of hydrogen-bond donors (Lipinski definition) is 1. The van der Waals surface area contributed by atoms with Crippen LogP contribution in [-0.4, -0.2) is 22.1 Å². The van der Waals surface area contributed by atoms with Gasteiger partial charge in [0, 0.05) is 24.7 Å². The summed E-state index contributed by atoms with van der Waals surface area (Å²) in [5.41, 5.74) is 6.47. The fourth-order valence-corrected chi connectivity index (χ4v) is 1.84. The molecule has 0 spiro atoms. The van der Waals surface area contributed by atoms with Gasteiger partial charge in [0.2, 0.25) is 0 Å². The minimum Gasteiger partial charge on any atom is -0.330 e. The molecule has 0 amide bonds. The second-order valence-corrected chi connectivity index (χ2v) is 5.11. The van der Waals surface area contributed by atoms with Gasteiger partial charge in [-0.05, 0) is 25.8 Å². The molecule has 2 N–H and O–H groups in total. The smallest absolute Gasteiger partial charge is 0.143 e. The Kier molecular flexibility index (Phi) is 4.87. The number of carbonyl (C=O) groups excluding carboxylic acids is 1. The van der Waals surface area contributed by atoms with E-state index in [1.165, 1.54) is 0 Å². The van der Waals surface area contributed by atoms with Crippen LogP contribution in [0, 0.1) is 11.8 Å². The average Bonchev–Trinajstić information content (AvgIpc) is 2.66. The van der Waals surface area contributed by atoms with Crippen molar-refractivity contribution in [2.75, 3.05) is 6.54 Å². The lowest BCUT2D eigenvalue weighted by atomic mass is 9.89. The molecule has 1 unspecified atom stereocenters. The third-order valence-electron chi connectivity index (χ3n) is 3.02. The molecule has 17 heavy (non-hydrogen) atoms. The van der Waals surface area contributed by atoms with Crippen molar-refractivity contribution in [3.05, 3.63) is 18.0 Å². The zero-order valence-electron chi connectivity index (χ0n) is 11.2. The van der Waals surface area contributed by atoms with Crippen LogP contribution in [0.5, 0.6) is 0 Å². The molecule has 0 bridgehead atoms. The van der Waals surface area contributed by atoms with Gasteiger partial charge < -0.3 is 5.73 Å². The highest BCUT2D eigenvalue weighted by molar-refractivity contribution is 5.83. The largest absolute Gasteiger partial charge is 0.330 e. The van der Waals surface area contributed by atoms with Crippen LogP contribution in [0.25, 0.3) is 0 Å². The van der Waals surface area contributed by atoms with Crippen molar-refractivity contribution in [3.8, 4) is 0 Å². The fourth-order valence-electron chi connectivity index (χ4n) is 1.84. The summed E-state index contributed by atoms with van der Waals surface area (Å²) in [5, 5.41) is 4.38. The van der Waals surface area contributed by atoms with Gasteiger partial charge in [0.15, 0.2) is 0 Å². The third-order valence-corrected chi connectivity index (χ3v) is 3.02. The summed E-state index contributed by atoms with van der Waals surface area (Å²) >= 11 is 0. The van der Waals surface area contributed by atoms with E-state index in [0.717, 1.165) is 5.69 Å². The summed E-state index contributed by atoms with van der Waals surface area (Å²) in [5.74, 6) is 0.426. The Hall–Kier alpha value is -1.16. The Morgan fingerprint density at radius 1 is 1.41 bits per heavy atom. The van der Waals surface area contributed by atoms with Crippen LogP contribution in [0.1, 0.15) is 39.4 Å². The van der Waals surface area contributed by atoms with Gasteiger partial charge in [0.05, 0.1) is 12.1 Å². The number of carbonyl (C=O) groups is 1. The van der Waals surface area contributed by atoms with Crippen molar-refractivity contribution in [1.29, 1.82) is 0 Å². The van der Waals surface area contributed by atoms with E-state index in [1.54, 1.807) is 0 Å². The standard InChI is InChI=1S/C13H23N3O/c1-9(2)12(8-14)13(17)7-11-5-6-16(15-11)10(3)4/h5-6,9-10,12H,7-8,14H2,1-4H3. The Morgan fingerprint density at radius 3 is 2.47 bits per heavy atom. The SMILES string of the molecule is CC(C)C(CN)C(=O)Cc1ccn(C(C)C)n1. The number of hydrogen-bond acceptors (Lipinski definition) is 3. The maximum Gasteiger partial charge on any atom is 0.143 e. The lowest BCUT2D eigenvalue weighted by molar-refractivity contribution is -0.123. The Balaban J connectivity index is 2.67. The van der Waals surface area contributed by atoms with Crippen LogP contribution in [0.15, 0.2) is 12.3 Å². The maximum atomic E-state index is 12.0. The third kappa shape index (κ3) is 3.66. The molecule has 0 fully saturated rings. The van der Waals surface area contributed by atoms with Crippen molar-refractivity contribution < 1.29 is 4.79 Å². The number of Topliss-reactive ketones (excluding diaryl/α,β-unsaturated/α-hetero) is 1. The predicted molar refractivity (Wildman–Crippen MR) is 68.7 cm³/mol. The van der Waals surface area contributed by atoms with Gasteiger partial charge in [0.25, 0.3) is 0 Å². The topological polar surface area (TPSA) is 60.9 Å². The van der Waals surface area contributed by atoms with Crippen LogP contribution < -0.4 is 5.73 Å². The number of nitrogens with zero attached hydrogens (tertiary/aromatic N) is 2. The normalized spacial score (nSPS) is 13.4. The molecule has 0 aromatic carbocycles. The van der Waals surface area contributed by atoms with Crippen molar-refractivity contribution in [1.82, 2.24) is 9.78 Å². The summed E-state index contributed by atoms with van der Waals surface area (Å²) in [6, 6.07) is 2.24. The molecule has 0 radical (unpaired) electrons. The first-order chi connectivity index (χ1) is 7.95. The molecular weight excluding hydrogens is 214 g/mol. The first kappa shape index (κ1) is 13.9. The van der Waals surface area contributed by atoms with Gasteiger partial charge in [-0.3, -0.25) is 9.48 Å². The number of aromatic nitrogens is 2. The highest BCUT2D eigenvalue weighted by Gasteiger charge is 2.21. The molecule has 96 valence electrons. The van der Waals surface area contributed by atoms with Gasteiger partial charge in [-0.25, -0.2) is 0 Å². The number of rotatable bonds is 6. The minimum atomic E-state index is -0.0563. The summed E-state index contributed by atoms with van der Waals surface area (Å²) in [4.78, 5) is 12.0. The zero-order chi connectivity index (χ0) is 13.0. The molecule has 0 saturated heterocycles. The number of nitrogens with two attached hydrogens (primary N) is 1. The maximum absolute atomic E-state index is 12.0. The Morgan fingerprint density at radius 2 is 2.06 bits per heavy atom. The second kappa shape index (κ2) is 5.96. The summed E-state index contributed by atoms with van der Waals surface area (Å²) < 4.78 is 1.87. The molecule has 4 heteroatoms. The Bertz CT molecular complexity index is 368. The first-order valence-corrected chi connectivity index (χ1v) is 6.22. The van der Waals surface area contributed by atoms with Crippen molar-refractivity contribution in [3.63, 3.8) is 0 Å². The van der Waals surface area contributed by atoms with Gasteiger partial charge in [-0.1, -0.05) is 13.8 Å². The van der Waals surface area contributed by atoms with Crippen molar-refractivity contribution in [2.45, 2.75) is 40.2 Å². The van der Waals surface area contributed by atoms with Crippen molar-refractivity contribution >= 4 is 5.78 Å². The van der Waals surface area contributed by atoms with E-state index in [9.17, 15) is 4.79 Å². The molecule has 0 aliphatic heterocycles. The molecule has 1 atom stereocenters. The quantitative estimate of drug-likeness (QED) is 0.820. The molecule has 0 aliphatic carbocycles. The molecule has 1 aromatic rings. The second-order valence-electron chi connectivity index (χ2n) is 5.11. The summed E-state index contributed by atoms with van der Waals surface area (Å²) in [6.45, 7) is 8.61. The van der Waals surface area contributed by atoms with E-state index in [1.807, 2.05) is 30.8 Å². The highest BCUT2D eigenvalue weighted by Crippen LogP contribution is 2.14. The molecule has 0 aliphatic rings. The van der Waals surface area contributed by atoms with Crippen LogP contribution >= 0.6 is 0 Å². The van der Waals surface area contributed by atoms with Crippen LogP contribution in [-0.2, 0) is 11.2 Å². The molecule has 1 heterocycles. The van der Waals surface area contributed by atoms with Gasteiger partial charge in [-0.15, -0.1) is 0 Å². The van der Waals surface area contributed by atoms with E-state index in [2.05, 4.69) is 18.9 Å². The van der Waals surface area contributed by atoms with E-state index in [0.29, 0.717) is 24.9 Å². The summed E-state index contributed by atoms with van der Waals surface area (Å²) in [6.07, 6.45) is 2.31. The van der Waals surface area contributed by atoms with E-state index < -0.39 is 0 Å². The number of ketones is 1. The predicted octanol–water partition coefficient (Wildman–Crippen LogP) is 1.81. The molecule has 1 rings (SSSR count). The fraction of sp³-hybridized carbons (Fsp3) is 0.692. The molecule has 4 nitrogen and oxygen atoms in total. The molecular formula is C13H23N3O. The van der Waals surface area contributed by atoms with E-state index in [4.69, 9.17) is 5.73 Å². The first-order valence-electron chi connectivity index (χ1n) is 6.22. The molecule has 0 saturated carbocycles. The summed E-state index contributed by atoms with van der Waals surface area (Å²) in [7, 11) is 0. The van der Waals surface area contributed by atoms with Gasteiger partial charge >= 0.3 is 0 Å². The zero-order valence-corrected chi connectivity index (χ0v) is 11.2. The van der Waals surface area contributed by atoms with Crippen LogP contribution in [0.3, 0.4) is 0 Å².